The fourth-order valence-electron chi connectivity index (χ4n) is 3.60. The summed E-state index contributed by atoms with van der Waals surface area (Å²) in [5.74, 6) is -1.37. The summed E-state index contributed by atoms with van der Waals surface area (Å²) in [5, 5.41) is 5.28. The standard InChI is InChI=1S/C22H15N3O3S/c1-12(25-20(27)15-8-4-5-9-16(15)21(25)28)19(26)24-22-23-18-14-7-3-2-6-13(14)10-11-17(18)29-22/h2-12H,1H3,(H,23,24,26)/t12-/m1/s1. The van der Waals surface area contributed by atoms with Crippen molar-refractivity contribution in [3.63, 3.8) is 0 Å². The van der Waals surface area contributed by atoms with Crippen LogP contribution in [0, 0.1) is 0 Å². The zero-order valence-electron chi connectivity index (χ0n) is 15.4. The predicted octanol–water partition coefficient (Wildman–Crippen LogP) is 4.07. The highest BCUT2D eigenvalue weighted by molar-refractivity contribution is 7.22. The molecule has 1 aliphatic heterocycles. The number of nitrogens with zero attached hydrogens (tertiary/aromatic N) is 2. The van der Waals surface area contributed by atoms with Gasteiger partial charge in [-0.25, -0.2) is 4.98 Å². The van der Waals surface area contributed by atoms with E-state index >= 15 is 0 Å². The van der Waals surface area contributed by atoms with E-state index in [1.165, 1.54) is 11.3 Å². The van der Waals surface area contributed by atoms with Gasteiger partial charge in [-0.15, -0.1) is 0 Å². The zero-order valence-corrected chi connectivity index (χ0v) is 16.2. The van der Waals surface area contributed by atoms with E-state index in [-0.39, 0.29) is 0 Å². The van der Waals surface area contributed by atoms with Crippen LogP contribution in [0.15, 0.2) is 60.7 Å². The van der Waals surface area contributed by atoms with Gasteiger partial charge in [-0.2, -0.15) is 0 Å². The van der Waals surface area contributed by atoms with E-state index in [4.69, 9.17) is 0 Å². The number of hydrogen-bond donors (Lipinski definition) is 1. The first-order chi connectivity index (χ1) is 14.0. The number of nitrogens with one attached hydrogen (secondary N) is 1. The first-order valence-corrected chi connectivity index (χ1v) is 9.92. The molecule has 1 aromatic heterocycles. The quantitative estimate of drug-likeness (QED) is 0.525. The van der Waals surface area contributed by atoms with E-state index in [2.05, 4.69) is 10.3 Å². The molecule has 1 N–H and O–H groups in total. The third-order valence-electron chi connectivity index (χ3n) is 5.11. The number of amides is 3. The highest BCUT2D eigenvalue weighted by atomic mass is 32.1. The lowest BCUT2D eigenvalue weighted by molar-refractivity contribution is -0.119. The van der Waals surface area contributed by atoms with E-state index in [0.717, 1.165) is 25.9 Å². The normalized spacial score (nSPS) is 14.4. The highest BCUT2D eigenvalue weighted by Gasteiger charge is 2.40. The Morgan fingerprint density at radius 2 is 1.62 bits per heavy atom. The molecular formula is C22H15N3O3S. The van der Waals surface area contributed by atoms with Gasteiger partial charge in [-0.1, -0.05) is 53.8 Å². The van der Waals surface area contributed by atoms with Crippen LogP contribution in [0.2, 0.25) is 0 Å². The first kappa shape index (κ1) is 17.5. The number of carbonyl (C=O) groups is 3. The molecule has 0 spiro atoms. The second-order valence-electron chi connectivity index (χ2n) is 6.84. The van der Waals surface area contributed by atoms with Crippen molar-refractivity contribution in [2.45, 2.75) is 13.0 Å². The number of carbonyl (C=O) groups excluding carboxylic acids is 3. The molecule has 7 heteroatoms. The number of hydrogen-bond acceptors (Lipinski definition) is 5. The molecular weight excluding hydrogens is 386 g/mol. The van der Waals surface area contributed by atoms with Crippen LogP contribution < -0.4 is 5.32 Å². The van der Waals surface area contributed by atoms with Gasteiger partial charge in [-0.3, -0.25) is 19.3 Å². The molecule has 0 unspecified atom stereocenters. The van der Waals surface area contributed by atoms with Crippen molar-refractivity contribution in [1.29, 1.82) is 0 Å². The molecule has 29 heavy (non-hydrogen) atoms. The fourth-order valence-corrected chi connectivity index (χ4v) is 4.49. The molecule has 1 atom stereocenters. The van der Waals surface area contributed by atoms with Crippen molar-refractivity contribution < 1.29 is 14.4 Å². The SMILES string of the molecule is C[C@H](C(=O)Nc1nc2c(ccc3ccccc32)s1)N1C(=O)c2ccccc2C1=O. The van der Waals surface area contributed by atoms with Crippen LogP contribution in [0.3, 0.4) is 0 Å². The average Bonchev–Trinajstić information content (AvgIpc) is 3.26. The summed E-state index contributed by atoms with van der Waals surface area (Å²) in [7, 11) is 0. The number of rotatable bonds is 3. The Morgan fingerprint density at radius 3 is 2.34 bits per heavy atom. The van der Waals surface area contributed by atoms with Gasteiger partial charge in [0, 0.05) is 5.39 Å². The van der Waals surface area contributed by atoms with E-state index in [1.807, 2.05) is 36.4 Å². The third-order valence-corrected chi connectivity index (χ3v) is 6.04. The van der Waals surface area contributed by atoms with Crippen molar-refractivity contribution in [2.75, 3.05) is 5.32 Å². The van der Waals surface area contributed by atoms with Crippen molar-refractivity contribution in [3.8, 4) is 0 Å². The summed E-state index contributed by atoms with van der Waals surface area (Å²) < 4.78 is 0.951. The third kappa shape index (κ3) is 2.70. The van der Waals surface area contributed by atoms with Crippen LogP contribution in [-0.4, -0.2) is 33.6 Å². The summed E-state index contributed by atoms with van der Waals surface area (Å²) in [6.45, 7) is 1.54. The lowest BCUT2D eigenvalue weighted by Crippen LogP contribution is -2.45. The minimum atomic E-state index is -0.953. The number of anilines is 1. The summed E-state index contributed by atoms with van der Waals surface area (Å²) in [6.07, 6.45) is 0. The van der Waals surface area contributed by atoms with Crippen molar-refractivity contribution >= 4 is 55.2 Å². The van der Waals surface area contributed by atoms with Gasteiger partial charge in [0.05, 0.1) is 21.3 Å². The molecule has 0 bridgehead atoms. The maximum absolute atomic E-state index is 12.8. The summed E-state index contributed by atoms with van der Waals surface area (Å²) in [5.41, 5.74) is 1.46. The van der Waals surface area contributed by atoms with Gasteiger partial charge < -0.3 is 5.32 Å². The highest BCUT2D eigenvalue weighted by Crippen LogP contribution is 2.32. The molecule has 2 heterocycles. The lowest BCUT2D eigenvalue weighted by atomic mass is 10.1. The summed E-state index contributed by atoms with van der Waals surface area (Å²) in [6, 6.07) is 17.5. The number of thiazole rings is 1. The molecule has 0 saturated carbocycles. The molecule has 0 saturated heterocycles. The first-order valence-electron chi connectivity index (χ1n) is 9.10. The van der Waals surface area contributed by atoms with Crippen LogP contribution in [0.1, 0.15) is 27.6 Å². The Kier molecular flexibility index (Phi) is 3.92. The number of fused-ring (bicyclic) bond motifs is 4. The Bertz CT molecular complexity index is 1290. The molecule has 0 fully saturated rings. The summed E-state index contributed by atoms with van der Waals surface area (Å²) in [4.78, 5) is 43.6. The van der Waals surface area contributed by atoms with Crippen molar-refractivity contribution in [1.82, 2.24) is 9.88 Å². The summed E-state index contributed by atoms with van der Waals surface area (Å²) >= 11 is 1.36. The topological polar surface area (TPSA) is 79.4 Å². The smallest absolute Gasteiger partial charge is 0.262 e. The molecule has 4 aromatic rings. The van der Waals surface area contributed by atoms with Crippen molar-refractivity contribution in [2.24, 2.45) is 0 Å². The molecule has 5 rings (SSSR count). The molecule has 0 aliphatic carbocycles. The van der Waals surface area contributed by atoms with E-state index < -0.39 is 23.8 Å². The van der Waals surface area contributed by atoms with Crippen LogP contribution in [-0.2, 0) is 4.79 Å². The fraction of sp³-hybridized carbons (Fsp3) is 0.0909. The maximum Gasteiger partial charge on any atom is 0.262 e. The Morgan fingerprint density at radius 1 is 0.966 bits per heavy atom. The molecule has 3 amide bonds. The number of imide groups is 1. The Labute approximate surface area is 169 Å². The van der Waals surface area contributed by atoms with E-state index in [1.54, 1.807) is 31.2 Å². The van der Waals surface area contributed by atoms with Crippen molar-refractivity contribution in [3.05, 3.63) is 71.8 Å². The largest absolute Gasteiger partial charge is 0.300 e. The van der Waals surface area contributed by atoms with E-state index in [9.17, 15) is 14.4 Å². The van der Waals surface area contributed by atoms with E-state index in [0.29, 0.717) is 16.3 Å². The zero-order chi connectivity index (χ0) is 20.1. The van der Waals surface area contributed by atoms with Gasteiger partial charge >= 0.3 is 0 Å². The molecule has 0 radical (unpaired) electrons. The minimum absolute atomic E-state index is 0.323. The number of benzene rings is 3. The van der Waals surface area contributed by atoms with Gasteiger partial charge in [0.1, 0.15) is 6.04 Å². The van der Waals surface area contributed by atoms with Crippen LogP contribution in [0.5, 0.6) is 0 Å². The second kappa shape index (κ2) is 6.49. The van der Waals surface area contributed by atoms with Crippen LogP contribution in [0.25, 0.3) is 21.0 Å². The Hall–Kier alpha value is -3.58. The van der Waals surface area contributed by atoms with Crippen LogP contribution in [0.4, 0.5) is 5.13 Å². The van der Waals surface area contributed by atoms with Gasteiger partial charge in [0.2, 0.25) is 5.91 Å². The van der Waals surface area contributed by atoms with Gasteiger partial charge in [0.15, 0.2) is 5.13 Å². The maximum atomic E-state index is 12.8. The monoisotopic (exact) mass is 401 g/mol. The molecule has 142 valence electrons. The molecule has 1 aliphatic rings. The van der Waals surface area contributed by atoms with Gasteiger partial charge in [0.25, 0.3) is 11.8 Å². The lowest BCUT2D eigenvalue weighted by Gasteiger charge is -2.21. The Balaban J connectivity index is 1.43. The molecule has 3 aromatic carbocycles. The molecule has 6 nitrogen and oxygen atoms in total. The number of aromatic nitrogens is 1. The average molecular weight is 401 g/mol. The predicted molar refractivity (Wildman–Crippen MR) is 112 cm³/mol. The van der Waals surface area contributed by atoms with Crippen LogP contribution >= 0.6 is 11.3 Å². The van der Waals surface area contributed by atoms with Gasteiger partial charge in [-0.05, 0) is 30.5 Å². The minimum Gasteiger partial charge on any atom is -0.300 e. The second-order valence-corrected chi connectivity index (χ2v) is 7.87.